The molecule has 2 rings (SSSR count). The van der Waals surface area contributed by atoms with E-state index >= 15 is 0 Å². The lowest BCUT2D eigenvalue weighted by Crippen LogP contribution is -2.73. The summed E-state index contributed by atoms with van der Waals surface area (Å²) in [6, 6.07) is 0. The predicted molar refractivity (Wildman–Crippen MR) is 79.3 cm³/mol. The Labute approximate surface area is 119 Å². The number of ether oxygens (including phenoxy) is 1. The molecule has 2 atom stereocenters. The highest BCUT2D eigenvalue weighted by molar-refractivity contribution is 7.11. The number of nitrogens with zero attached hydrogens (tertiary/aromatic N) is 1. The lowest BCUT2D eigenvalue weighted by molar-refractivity contribution is -0.148. The molecular weight excluding hydrogens is 258 g/mol. The van der Waals surface area contributed by atoms with Crippen LogP contribution >= 0.6 is 11.3 Å². The predicted octanol–water partition coefficient (Wildman–Crippen LogP) is 2.07. The van der Waals surface area contributed by atoms with Crippen molar-refractivity contribution in [1.29, 1.82) is 0 Å². The molecule has 0 amide bonds. The summed E-state index contributed by atoms with van der Waals surface area (Å²) in [5.74, 6) is 0. The number of nitrogens with one attached hydrogen (secondary N) is 1. The van der Waals surface area contributed by atoms with Gasteiger partial charge in [-0.25, -0.2) is 4.98 Å². The first-order valence-electron chi connectivity index (χ1n) is 6.91. The number of hydrogen-bond donors (Lipinski definition) is 2. The van der Waals surface area contributed by atoms with Gasteiger partial charge in [-0.15, -0.1) is 11.3 Å². The highest BCUT2D eigenvalue weighted by Gasteiger charge is 2.58. The van der Waals surface area contributed by atoms with Gasteiger partial charge in [0, 0.05) is 41.7 Å². The van der Waals surface area contributed by atoms with Gasteiger partial charge >= 0.3 is 0 Å². The Kier molecular flexibility index (Phi) is 4.30. The molecule has 1 saturated carbocycles. The van der Waals surface area contributed by atoms with E-state index in [-0.39, 0.29) is 17.1 Å². The summed E-state index contributed by atoms with van der Waals surface area (Å²) in [4.78, 5) is 5.60. The fourth-order valence-corrected chi connectivity index (χ4v) is 3.44. The third kappa shape index (κ3) is 2.84. The van der Waals surface area contributed by atoms with Crippen LogP contribution in [0, 0.1) is 12.3 Å². The topological polar surface area (TPSA) is 60.2 Å². The van der Waals surface area contributed by atoms with Gasteiger partial charge in [-0.05, 0) is 20.3 Å². The molecular formula is C14H25N3OS. The van der Waals surface area contributed by atoms with Gasteiger partial charge in [0.25, 0.3) is 0 Å². The van der Waals surface area contributed by atoms with Crippen LogP contribution in [0.4, 0.5) is 0 Å². The van der Waals surface area contributed by atoms with Crippen molar-refractivity contribution >= 4 is 11.3 Å². The van der Waals surface area contributed by atoms with Crippen molar-refractivity contribution in [1.82, 2.24) is 10.3 Å². The molecule has 0 radical (unpaired) electrons. The monoisotopic (exact) mass is 283 g/mol. The van der Waals surface area contributed by atoms with E-state index in [1.807, 2.05) is 13.1 Å². The van der Waals surface area contributed by atoms with Crippen molar-refractivity contribution in [3.8, 4) is 0 Å². The van der Waals surface area contributed by atoms with Gasteiger partial charge in [-0.2, -0.15) is 0 Å². The van der Waals surface area contributed by atoms with Gasteiger partial charge < -0.3 is 15.8 Å². The fraction of sp³-hybridized carbons (Fsp3) is 0.786. The highest BCUT2D eigenvalue weighted by atomic mass is 32.1. The fourth-order valence-electron chi connectivity index (χ4n) is 2.68. The summed E-state index contributed by atoms with van der Waals surface area (Å²) in [5.41, 5.74) is 6.35. The van der Waals surface area contributed by atoms with E-state index in [1.165, 1.54) is 4.88 Å². The van der Waals surface area contributed by atoms with Crippen molar-refractivity contribution in [3.63, 3.8) is 0 Å². The van der Waals surface area contributed by atoms with Crippen molar-refractivity contribution in [2.24, 2.45) is 11.1 Å². The second-order valence-corrected chi connectivity index (χ2v) is 7.31. The SMILES string of the molecule is CCOC1CC(N)(CNCc2ncc(C)s2)C1(C)C. The number of nitrogens with two attached hydrogens (primary N) is 1. The molecule has 108 valence electrons. The number of thiazole rings is 1. The largest absolute Gasteiger partial charge is 0.378 e. The number of hydrogen-bond acceptors (Lipinski definition) is 5. The molecule has 0 aliphatic heterocycles. The number of aromatic nitrogens is 1. The smallest absolute Gasteiger partial charge is 0.107 e. The van der Waals surface area contributed by atoms with E-state index in [0.29, 0.717) is 0 Å². The minimum atomic E-state index is -0.181. The molecule has 1 aromatic rings. The second-order valence-electron chi connectivity index (χ2n) is 5.99. The van der Waals surface area contributed by atoms with E-state index in [2.05, 4.69) is 31.1 Å². The van der Waals surface area contributed by atoms with E-state index in [0.717, 1.165) is 31.1 Å². The Balaban J connectivity index is 1.83. The van der Waals surface area contributed by atoms with E-state index < -0.39 is 0 Å². The van der Waals surface area contributed by atoms with E-state index in [1.54, 1.807) is 11.3 Å². The number of rotatable bonds is 6. The summed E-state index contributed by atoms with van der Waals surface area (Å²) >= 11 is 1.73. The van der Waals surface area contributed by atoms with Crippen LogP contribution in [0.25, 0.3) is 0 Å². The molecule has 1 aliphatic carbocycles. The molecule has 3 N–H and O–H groups in total. The molecule has 0 bridgehead atoms. The highest BCUT2D eigenvalue weighted by Crippen LogP contribution is 2.49. The molecule has 1 heterocycles. The molecule has 1 fully saturated rings. The first kappa shape index (κ1) is 14.9. The average Bonchev–Trinajstić information content (AvgIpc) is 2.75. The van der Waals surface area contributed by atoms with Gasteiger partial charge in [-0.3, -0.25) is 0 Å². The maximum atomic E-state index is 6.51. The van der Waals surface area contributed by atoms with Crippen molar-refractivity contribution in [2.75, 3.05) is 13.2 Å². The zero-order chi connectivity index (χ0) is 14.1. The van der Waals surface area contributed by atoms with Crippen molar-refractivity contribution in [2.45, 2.75) is 52.3 Å². The molecule has 1 aliphatic rings. The average molecular weight is 283 g/mol. The number of aryl methyl sites for hydroxylation is 1. The minimum Gasteiger partial charge on any atom is -0.378 e. The van der Waals surface area contributed by atoms with Crippen LogP contribution in [0.5, 0.6) is 0 Å². The maximum absolute atomic E-state index is 6.51. The van der Waals surface area contributed by atoms with E-state index in [9.17, 15) is 0 Å². The van der Waals surface area contributed by atoms with Gasteiger partial charge in [0.15, 0.2) is 0 Å². The van der Waals surface area contributed by atoms with Gasteiger partial charge in [0.2, 0.25) is 0 Å². The Morgan fingerprint density at radius 1 is 1.58 bits per heavy atom. The summed E-state index contributed by atoms with van der Waals surface area (Å²) < 4.78 is 5.74. The maximum Gasteiger partial charge on any atom is 0.107 e. The summed E-state index contributed by atoms with van der Waals surface area (Å²) in [5, 5.41) is 4.57. The van der Waals surface area contributed by atoms with Crippen LogP contribution in [0.15, 0.2) is 6.20 Å². The molecule has 4 nitrogen and oxygen atoms in total. The Morgan fingerprint density at radius 2 is 2.32 bits per heavy atom. The van der Waals surface area contributed by atoms with Crippen LogP contribution in [0.3, 0.4) is 0 Å². The summed E-state index contributed by atoms with van der Waals surface area (Å²) in [6.07, 6.45) is 3.13. The molecule has 5 heteroatoms. The molecule has 0 saturated heterocycles. The van der Waals surface area contributed by atoms with E-state index in [4.69, 9.17) is 10.5 Å². The quantitative estimate of drug-likeness (QED) is 0.839. The Hall–Kier alpha value is -0.490. The molecule has 2 unspecified atom stereocenters. The standard InChI is InChI=1S/C14H25N3OS/c1-5-18-11-6-14(15,13(11,3)4)9-16-8-12-17-7-10(2)19-12/h7,11,16H,5-6,8-9,15H2,1-4H3. The zero-order valence-corrected chi connectivity index (χ0v) is 13.1. The minimum absolute atomic E-state index is 0.0226. The summed E-state index contributed by atoms with van der Waals surface area (Å²) in [7, 11) is 0. The first-order valence-corrected chi connectivity index (χ1v) is 7.73. The van der Waals surface area contributed by atoms with Gasteiger partial charge in [0.1, 0.15) is 5.01 Å². The lowest BCUT2D eigenvalue weighted by Gasteiger charge is -2.59. The van der Waals surface area contributed by atoms with Gasteiger partial charge in [-0.1, -0.05) is 13.8 Å². The van der Waals surface area contributed by atoms with Gasteiger partial charge in [0.05, 0.1) is 6.10 Å². The third-order valence-corrected chi connectivity index (χ3v) is 5.30. The van der Waals surface area contributed by atoms with Crippen molar-refractivity contribution in [3.05, 3.63) is 16.1 Å². The van der Waals surface area contributed by atoms with Crippen LogP contribution in [-0.4, -0.2) is 29.8 Å². The van der Waals surface area contributed by atoms with Crippen LogP contribution < -0.4 is 11.1 Å². The van der Waals surface area contributed by atoms with Crippen LogP contribution in [0.1, 0.15) is 37.1 Å². The molecule has 0 aromatic carbocycles. The molecule has 19 heavy (non-hydrogen) atoms. The molecule has 1 aromatic heterocycles. The summed E-state index contributed by atoms with van der Waals surface area (Å²) in [6.45, 7) is 10.9. The second kappa shape index (κ2) is 5.48. The lowest BCUT2D eigenvalue weighted by atomic mass is 9.54. The Morgan fingerprint density at radius 3 is 2.84 bits per heavy atom. The van der Waals surface area contributed by atoms with Crippen LogP contribution in [0.2, 0.25) is 0 Å². The first-order chi connectivity index (χ1) is 8.89. The zero-order valence-electron chi connectivity index (χ0n) is 12.3. The third-order valence-electron chi connectivity index (χ3n) is 4.39. The van der Waals surface area contributed by atoms with Crippen molar-refractivity contribution < 1.29 is 4.74 Å². The Bertz CT molecular complexity index is 432. The normalized spacial score (nSPS) is 29.2. The van der Waals surface area contributed by atoms with Crippen LogP contribution in [-0.2, 0) is 11.3 Å². The molecule has 0 spiro atoms.